The van der Waals surface area contributed by atoms with E-state index in [1.54, 1.807) is 12.1 Å². The molecule has 3 heterocycles. The molecule has 2 saturated heterocycles. The van der Waals surface area contributed by atoms with Crippen LogP contribution in [0, 0.1) is 18.6 Å². The summed E-state index contributed by atoms with van der Waals surface area (Å²) in [5, 5.41) is 12.5. The van der Waals surface area contributed by atoms with E-state index in [4.69, 9.17) is 9.47 Å². The Morgan fingerprint density at radius 3 is 2.46 bits per heavy atom. The number of nitrogens with zero attached hydrogens (tertiary/aromatic N) is 4. The van der Waals surface area contributed by atoms with Crippen LogP contribution in [0.2, 0.25) is 0 Å². The number of benzene rings is 2. The van der Waals surface area contributed by atoms with Crippen molar-refractivity contribution < 1.29 is 47.3 Å². The number of rotatable bonds is 13. The van der Waals surface area contributed by atoms with E-state index in [9.17, 15) is 37.9 Å². The van der Waals surface area contributed by atoms with Crippen molar-refractivity contribution in [1.29, 1.82) is 0 Å². The molecule has 2 atom stereocenters. The normalized spacial score (nSPS) is 16.5. The summed E-state index contributed by atoms with van der Waals surface area (Å²) in [6.07, 6.45) is 1.71. The van der Waals surface area contributed by atoms with Gasteiger partial charge in [-0.25, -0.2) is 18.6 Å². The number of aromatic nitrogens is 1. The third-order valence-electron chi connectivity index (χ3n) is 9.23. The first-order valence-electron chi connectivity index (χ1n) is 17.5. The van der Waals surface area contributed by atoms with Crippen molar-refractivity contribution >= 4 is 40.7 Å². The quantitative estimate of drug-likeness (QED) is 0.240. The lowest BCUT2D eigenvalue weighted by atomic mass is 10.0. The fourth-order valence-corrected chi connectivity index (χ4v) is 6.41. The zero-order valence-corrected chi connectivity index (χ0v) is 29.2. The first-order chi connectivity index (χ1) is 24.9. The number of hydrogen-bond donors (Lipinski definition) is 2. The minimum atomic E-state index is -1.20. The van der Waals surface area contributed by atoms with Crippen molar-refractivity contribution in [3.63, 3.8) is 0 Å². The number of aryl methyl sites for hydroxylation is 1. The number of aliphatic carboxylic acids is 1. The molecule has 13 nitrogen and oxygen atoms in total. The number of carbonyl (C=O) groups is 5. The molecule has 0 bridgehead atoms. The molecule has 5 rings (SSSR count). The number of ether oxygens (including phenoxy) is 2. The lowest BCUT2D eigenvalue weighted by Crippen LogP contribution is -2.56. The topological polar surface area (TPSA) is 159 Å². The summed E-state index contributed by atoms with van der Waals surface area (Å²) in [5.41, 5.74) is 1.32. The molecular weight excluding hydrogens is 680 g/mol. The highest BCUT2D eigenvalue weighted by molar-refractivity contribution is 5.99. The van der Waals surface area contributed by atoms with Crippen molar-refractivity contribution in [3.05, 3.63) is 70.9 Å². The maximum absolute atomic E-state index is 14.6. The van der Waals surface area contributed by atoms with Gasteiger partial charge in [-0.3, -0.25) is 19.2 Å². The predicted molar refractivity (Wildman–Crippen MR) is 185 cm³/mol. The minimum Gasteiger partial charge on any atom is -0.483 e. The molecule has 1 aromatic heterocycles. The maximum atomic E-state index is 14.6. The predicted octanol–water partition coefficient (Wildman–Crippen LogP) is 4.61. The smallest absolute Gasteiger partial charge is 0.409 e. The Morgan fingerprint density at radius 2 is 1.75 bits per heavy atom. The lowest BCUT2D eigenvalue weighted by Gasteiger charge is -2.36. The molecule has 2 unspecified atom stereocenters. The molecule has 2 aliphatic rings. The van der Waals surface area contributed by atoms with E-state index < -0.39 is 60.1 Å². The Labute approximate surface area is 299 Å². The average molecular weight is 724 g/mol. The van der Waals surface area contributed by atoms with E-state index in [2.05, 4.69) is 10.3 Å². The summed E-state index contributed by atoms with van der Waals surface area (Å²) in [4.78, 5) is 73.5. The Balaban J connectivity index is 1.30. The Bertz CT molecular complexity index is 1820. The zero-order chi connectivity index (χ0) is 37.4. The molecule has 0 radical (unpaired) electrons. The largest absolute Gasteiger partial charge is 0.483 e. The van der Waals surface area contributed by atoms with Crippen molar-refractivity contribution in [2.24, 2.45) is 0 Å². The van der Waals surface area contributed by atoms with Crippen molar-refractivity contribution in [3.8, 4) is 5.75 Å². The zero-order valence-electron chi connectivity index (χ0n) is 29.2. The Morgan fingerprint density at radius 1 is 1.00 bits per heavy atom. The van der Waals surface area contributed by atoms with Crippen LogP contribution in [0.15, 0.2) is 42.5 Å². The molecule has 2 N–H and O–H groups in total. The number of likely N-dealkylation sites (tertiary alicyclic amines) is 1. The summed E-state index contributed by atoms with van der Waals surface area (Å²) >= 11 is 0. The van der Waals surface area contributed by atoms with Gasteiger partial charge in [-0.2, -0.15) is 0 Å². The number of carboxylic acid groups (broad SMARTS) is 1. The van der Waals surface area contributed by atoms with Gasteiger partial charge in [-0.15, -0.1) is 0 Å². The van der Waals surface area contributed by atoms with Gasteiger partial charge in [-0.05, 0) is 56.4 Å². The number of pyridine rings is 1. The van der Waals surface area contributed by atoms with Crippen LogP contribution < -0.4 is 10.1 Å². The highest BCUT2D eigenvalue weighted by Crippen LogP contribution is 2.34. The Hall–Kier alpha value is -5.34. The molecule has 0 aliphatic carbocycles. The van der Waals surface area contributed by atoms with E-state index in [-0.39, 0.29) is 56.0 Å². The second kappa shape index (κ2) is 17.2. The van der Waals surface area contributed by atoms with Crippen molar-refractivity contribution in [2.75, 3.05) is 45.9 Å². The molecule has 278 valence electrons. The summed E-state index contributed by atoms with van der Waals surface area (Å²) in [5.74, 6) is -4.10. The van der Waals surface area contributed by atoms with E-state index in [1.165, 1.54) is 26.8 Å². The maximum Gasteiger partial charge on any atom is 0.409 e. The highest BCUT2D eigenvalue weighted by atomic mass is 19.1. The molecule has 15 heteroatoms. The fourth-order valence-electron chi connectivity index (χ4n) is 6.41. The monoisotopic (exact) mass is 723 g/mol. The molecular formula is C37H43F2N5O8. The van der Waals surface area contributed by atoms with Gasteiger partial charge < -0.3 is 34.6 Å². The first-order valence-corrected chi connectivity index (χ1v) is 17.5. The summed E-state index contributed by atoms with van der Waals surface area (Å²) in [6, 6.07) is 8.13. The summed E-state index contributed by atoms with van der Waals surface area (Å²) < 4.78 is 39.4. The molecule has 52 heavy (non-hydrogen) atoms. The number of unbranched alkanes of at least 4 members (excludes halogenated alkanes) is 1. The fraction of sp³-hybridized carbons (Fsp3) is 0.459. The second-order valence-electron chi connectivity index (χ2n) is 13.0. The van der Waals surface area contributed by atoms with Gasteiger partial charge in [0.25, 0.3) is 11.8 Å². The number of amides is 4. The van der Waals surface area contributed by atoms with E-state index in [0.717, 1.165) is 30.5 Å². The number of carboxylic acids is 1. The van der Waals surface area contributed by atoms with Crippen molar-refractivity contribution in [1.82, 2.24) is 25.0 Å². The number of piperazine rings is 1. The van der Waals surface area contributed by atoms with Crippen LogP contribution in [-0.4, -0.2) is 107 Å². The van der Waals surface area contributed by atoms with Gasteiger partial charge in [0.1, 0.15) is 29.1 Å². The number of fused-ring (bicyclic) bond motifs is 1. The van der Waals surface area contributed by atoms with E-state index in [0.29, 0.717) is 36.9 Å². The number of carbonyl (C=O) groups excluding carboxylic acids is 4. The van der Waals surface area contributed by atoms with Crippen molar-refractivity contribution in [2.45, 2.75) is 64.5 Å². The molecule has 0 saturated carbocycles. The highest BCUT2D eigenvalue weighted by Gasteiger charge is 2.33. The van der Waals surface area contributed by atoms with Crippen LogP contribution in [0.1, 0.15) is 73.1 Å². The molecule has 3 aromatic rings. The van der Waals surface area contributed by atoms with Crippen LogP contribution in [0.5, 0.6) is 5.75 Å². The van der Waals surface area contributed by atoms with Gasteiger partial charge in [-0.1, -0.05) is 25.5 Å². The lowest BCUT2D eigenvalue weighted by molar-refractivity contribution is -0.138. The number of nitrogens with one attached hydrogen (secondary N) is 1. The van der Waals surface area contributed by atoms with Gasteiger partial charge in [0.2, 0.25) is 5.91 Å². The molecule has 0 spiro atoms. The van der Waals surface area contributed by atoms with Gasteiger partial charge >= 0.3 is 12.1 Å². The van der Waals surface area contributed by atoms with Crippen LogP contribution in [0.4, 0.5) is 13.6 Å². The van der Waals surface area contributed by atoms with Crippen LogP contribution in [-0.2, 0) is 19.1 Å². The van der Waals surface area contributed by atoms with Gasteiger partial charge in [0.05, 0.1) is 18.2 Å². The third-order valence-corrected chi connectivity index (χ3v) is 9.23. The summed E-state index contributed by atoms with van der Waals surface area (Å²) in [6.45, 7) is 4.84. The van der Waals surface area contributed by atoms with Crippen LogP contribution >= 0.6 is 0 Å². The number of hydrogen-bond acceptors (Lipinski definition) is 8. The average Bonchev–Trinajstić information content (AvgIpc) is 3.61. The Kier molecular flexibility index (Phi) is 12.6. The molecule has 4 amide bonds. The van der Waals surface area contributed by atoms with E-state index >= 15 is 0 Å². The summed E-state index contributed by atoms with van der Waals surface area (Å²) in [7, 11) is 0. The number of halogens is 2. The molecule has 2 aromatic carbocycles. The SMILES string of the molecule is CCCCOC(=O)N1CCN(C(=O)C(CCC(=O)O)NC(=O)c2cc(OCC(=O)N3CCCC3c3ccc(F)cc3F)c3ccc(C)cc3n2)CC1. The van der Waals surface area contributed by atoms with E-state index in [1.807, 2.05) is 19.9 Å². The third kappa shape index (κ3) is 9.30. The standard InChI is InChI=1S/C37H43F2N5O8/c1-3-4-18-51-37(50)43-16-14-42(15-17-43)36(49)28(11-12-34(46)47)41-35(48)30-21-32(26-9-7-23(2)19-29(26)40-30)52-22-33(45)44-13-5-6-31(44)25-10-8-24(38)20-27(25)39/h7-10,19-21,28,31H,3-6,11-18,22H2,1-2H3,(H,41,48)(H,46,47). The first kappa shape index (κ1) is 37.9. The molecule has 2 fully saturated rings. The minimum absolute atomic E-state index is 0.124. The van der Waals surface area contributed by atoms with Crippen LogP contribution in [0.3, 0.4) is 0 Å². The van der Waals surface area contributed by atoms with Gasteiger partial charge in [0, 0.05) is 62.2 Å². The second-order valence-corrected chi connectivity index (χ2v) is 13.0. The van der Waals surface area contributed by atoms with Crippen LogP contribution in [0.25, 0.3) is 10.9 Å². The molecule has 2 aliphatic heterocycles. The van der Waals surface area contributed by atoms with Gasteiger partial charge in [0.15, 0.2) is 6.61 Å².